The fourth-order valence-electron chi connectivity index (χ4n) is 2.99. The van der Waals surface area contributed by atoms with E-state index in [4.69, 9.17) is 0 Å². The van der Waals surface area contributed by atoms with E-state index < -0.39 is 16.1 Å². The van der Waals surface area contributed by atoms with E-state index in [2.05, 4.69) is 57.5 Å². The molecule has 14 heavy (non-hydrogen) atoms. The first kappa shape index (κ1) is 12.0. The second-order valence-electron chi connectivity index (χ2n) is 6.51. The molecule has 0 saturated heterocycles. The van der Waals surface area contributed by atoms with Crippen molar-refractivity contribution in [1.29, 1.82) is 0 Å². The van der Waals surface area contributed by atoms with Crippen molar-refractivity contribution in [1.82, 2.24) is 0 Å². The first-order valence-corrected chi connectivity index (χ1v) is 12.7. The second-order valence-corrected chi connectivity index (χ2v) is 17.7. The van der Waals surface area contributed by atoms with Crippen LogP contribution in [-0.4, -0.2) is 16.1 Å². The van der Waals surface area contributed by atoms with E-state index in [1.165, 1.54) is 6.42 Å². The van der Waals surface area contributed by atoms with E-state index >= 15 is 0 Å². The Morgan fingerprint density at radius 2 is 1.50 bits per heavy atom. The number of allylic oxidation sites excluding steroid dienone is 4. The Bertz CT molecular complexity index is 247. The topological polar surface area (TPSA) is 0 Å². The van der Waals surface area contributed by atoms with Crippen LogP contribution >= 0.6 is 0 Å². The molecule has 1 aliphatic carbocycles. The van der Waals surface area contributed by atoms with Crippen LogP contribution in [0.1, 0.15) is 6.42 Å². The van der Waals surface area contributed by atoms with Crippen LogP contribution in [0, 0.1) is 0 Å². The summed E-state index contributed by atoms with van der Waals surface area (Å²) >= 11 is 0. The summed E-state index contributed by atoms with van der Waals surface area (Å²) in [5.74, 6) is 0. The molecular weight excluding hydrogens is 200 g/mol. The summed E-state index contributed by atoms with van der Waals surface area (Å²) in [4.78, 5) is 0. The normalized spacial score (nSPS) is 17.8. The Morgan fingerprint density at radius 1 is 1.00 bits per heavy atom. The highest BCUT2D eigenvalue weighted by Crippen LogP contribution is 2.40. The molecule has 0 nitrogen and oxygen atoms in total. The minimum atomic E-state index is -1.04. The van der Waals surface area contributed by atoms with E-state index in [-0.39, 0.29) is 0 Å². The third-order valence-corrected chi connectivity index (χ3v) is 12.2. The molecule has 0 amide bonds. The van der Waals surface area contributed by atoms with Crippen LogP contribution in [0.4, 0.5) is 0 Å². The average Bonchev–Trinajstić information content (AvgIpc) is 2.31. The van der Waals surface area contributed by atoms with E-state index in [0.717, 1.165) is 5.16 Å². The predicted octanol–water partition coefficient (Wildman–Crippen LogP) is 4.46. The molecule has 0 N–H and O–H groups in total. The molecule has 0 fully saturated rings. The van der Waals surface area contributed by atoms with Crippen molar-refractivity contribution in [2.24, 2.45) is 0 Å². The first-order valence-electron chi connectivity index (χ1n) is 5.59. The van der Waals surface area contributed by atoms with Crippen molar-refractivity contribution in [3.8, 4) is 0 Å². The van der Waals surface area contributed by atoms with Gasteiger partial charge in [0.2, 0.25) is 0 Å². The highest BCUT2D eigenvalue weighted by molar-refractivity contribution is 6.97. The molecule has 0 atom stereocenters. The summed E-state index contributed by atoms with van der Waals surface area (Å²) < 4.78 is 0. The molecule has 0 aromatic rings. The van der Waals surface area contributed by atoms with Crippen LogP contribution in [-0.2, 0) is 0 Å². The van der Waals surface area contributed by atoms with Crippen molar-refractivity contribution in [3.63, 3.8) is 0 Å². The molecule has 0 aliphatic heterocycles. The minimum Gasteiger partial charge on any atom is -0.0805 e. The van der Waals surface area contributed by atoms with Gasteiger partial charge in [0, 0.05) is 16.1 Å². The molecule has 0 bridgehead atoms. The van der Waals surface area contributed by atoms with Gasteiger partial charge in [-0.15, -0.1) is 0 Å². The molecule has 0 aromatic carbocycles. The van der Waals surface area contributed by atoms with Crippen molar-refractivity contribution < 1.29 is 0 Å². The first-order chi connectivity index (χ1) is 6.23. The maximum atomic E-state index is 2.52. The second kappa shape index (κ2) is 3.82. The Morgan fingerprint density at radius 3 is 1.79 bits per heavy atom. The van der Waals surface area contributed by atoms with E-state index in [0.29, 0.717) is 0 Å². The quantitative estimate of drug-likeness (QED) is 0.621. The van der Waals surface area contributed by atoms with Gasteiger partial charge in [-0.3, -0.25) is 0 Å². The predicted molar refractivity (Wildman–Crippen MR) is 72.3 cm³/mol. The van der Waals surface area contributed by atoms with Gasteiger partial charge in [-0.1, -0.05) is 63.1 Å². The molecule has 80 valence electrons. The van der Waals surface area contributed by atoms with Crippen molar-refractivity contribution in [3.05, 3.63) is 23.8 Å². The SMILES string of the molecule is C[Si](C)(C)C(C1=CCC=C1)[Si](C)(C)C. The van der Waals surface area contributed by atoms with Crippen molar-refractivity contribution in [2.75, 3.05) is 0 Å². The standard InChI is InChI=1S/C12H24Si2/c1-13(2,3)12(14(4,5)6)11-9-7-8-10-11/h7,9-10,12H,8H2,1-6H3. The molecule has 0 aromatic heterocycles. The van der Waals surface area contributed by atoms with Crippen LogP contribution in [0.2, 0.25) is 44.4 Å². The lowest BCUT2D eigenvalue weighted by molar-refractivity contribution is 1.23. The van der Waals surface area contributed by atoms with Gasteiger partial charge in [-0.25, -0.2) is 0 Å². The zero-order chi connectivity index (χ0) is 11.0. The minimum absolute atomic E-state index is 0.925. The van der Waals surface area contributed by atoms with Crippen molar-refractivity contribution >= 4 is 16.1 Å². The zero-order valence-electron chi connectivity index (χ0n) is 10.5. The van der Waals surface area contributed by atoms with Crippen molar-refractivity contribution in [2.45, 2.75) is 50.9 Å². The summed E-state index contributed by atoms with van der Waals surface area (Å²) in [6.45, 7) is 15.1. The third-order valence-electron chi connectivity index (χ3n) is 2.87. The van der Waals surface area contributed by atoms with E-state index in [1.54, 1.807) is 5.57 Å². The van der Waals surface area contributed by atoms with Gasteiger partial charge in [-0.2, -0.15) is 0 Å². The molecule has 0 spiro atoms. The van der Waals surface area contributed by atoms with Gasteiger partial charge in [-0.05, 0) is 11.6 Å². The number of hydrogen-bond donors (Lipinski definition) is 0. The molecule has 1 rings (SSSR count). The maximum absolute atomic E-state index is 2.52. The summed E-state index contributed by atoms with van der Waals surface area (Å²) in [5, 5.41) is 0.925. The Labute approximate surface area is 91.1 Å². The lowest BCUT2D eigenvalue weighted by atomic mass is 10.3. The highest BCUT2D eigenvalue weighted by Gasteiger charge is 2.39. The molecule has 0 radical (unpaired) electrons. The van der Waals surface area contributed by atoms with Gasteiger partial charge < -0.3 is 0 Å². The van der Waals surface area contributed by atoms with Gasteiger partial charge in [0.1, 0.15) is 0 Å². The largest absolute Gasteiger partial charge is 0.0805 e. The van der Waals surface area contributed by atoms with Crippen LogP contribution < -0.4 is 0 Å². The monoisotopic (exact) mass is 224 g/mol. The summed E-state index contributed by atoms with van der Waals surface area (Å²) in [6.07, 6.45) is 8.30. The molecular formula is C12H24Si2. The zero-order valence-corrected chi connectivity index (χ0v) is 12.5. The lowest BCUT2D eigenvalue weighted by Gasteiger charge is -2.39. The fourth-order valence-corrected chi connectivity index (χ4v) is 15.8. The third kappa shape index (κ3) is 2.70. The van der Waals surface area contributed by atoms with Crippen LogP contribution in [0.5, 0.6) is 0 Å². The molecule has 0 heterocycles. The van der Waals surface area contributed by atoms with Gasteiger partial charge in [0.05, 0.1) is 0 Å². The Balaban J connectivity index is 3.00. The van der Waals surface area contributed by atoms with Gasteiger partial charge in [0.15, 0.2) is 0 Å². The molecule has 0 unspecified atom stereocenters. The molecule has 0 saturated carbocycles. The average molecular weight is 224 g/mol. The van der Waals surface area contributed by atoms with Gasteiger partial charge >= 0.3 is 0 Å². The highest BCUT2D eigenvalue weighted by atomic mass is 28.4. The van der Waals surface area contributed by atoms with E-state index in [1.807, 2.05) is 0 Å². The van der Waals surface area contributed by atoms with Crippen LogP contribution in [0.15, 0.2) is 23.8 Å². The summed E-state index contributed by atoms with van der Waals surface area (Å²) in [5.41, 5.74) is 1.66. The number of rotatable bonds is 3. The van der Waals surface area contributed by atoms with Gasteiger partial charge in [0.25, 0.3) is 0 Å². The van der Waals surface area contributed by atoms with Crippen LogP contribution in [0.25, 0.3) is 0 Å². The fraction of sp³-hybridized carbons (Fsp3) is 0.667. The Kier molecular flexibility index (Phi) is 3.27. The van der Waals surface area contributed by atoms with E-state index in [9.17, 15) is 0 Å². The Hall–Kier alpha value is -0.0862. The molecule has 1 aliphatic rings. The smallest absolute Gasteiger partial charge is 0.0493 e. The summed E-state index contributed by atoms with van der Waals surface area (Å²) in [7, 11) is -2.09. The lowest BCUT2D eigenvalue weighted by Crippen LogP contribution is -2.44. The van der Waals surface area contributed by atoms with Crippen LogP contribution in [0.3, 0.4) is 0 Å². The maximum Gasteiger partial charge on any atom is 0.0493 e. The molecule has 2 heteroatoms. The number of hydrogen-bond acceptors (Lipinski definition) is 0. The summed E-state index contributed by atoms with van der Waals surface area (Å²) in [6, 6.07) is 0.